The molecule has 1 unspecified atom stereocenters. The Hall–Kier alpha value is -2.04. The number of nitrogens with two attached hydrogens (primary N) is 1. The van der Waals surface area contributed by atoms with Crippen LogP contribution in [-0.2, 0) is 18.4 Å². The van der Waals surface area contributed by atoms with Crippen LogP contribution in [0.15, 0.2) is 36.5 Å². The first-order chi connectivity index (χ1) is 17.2. The van der Waals surface area contributed by atoms with Crippen molar-refractivity contribution in [2.75, 3.05) is 17.8 Å². The van der Waals surface area contributed by atoms with Crippen LogP contribution in [-0.4, -0.2) is 80.3 Å². The van der Waals surface area contributed by atoms with Gasteiger partial charge in [0.05, 0.1) is 18.2 Å². The number of anilines is 1. The molecule has 37 heavy (non-hydrogen) atoms. The average Bonchev–Trinajstić information content (AvgIpc) is 3.30. The average molecular weight is 581 g/mol. The number of ether oxygens (including phenoxy) is 1. The second kappa shape index (κ2) is 10.3. The number of benzene rings is 1. The van der Waals surface area contributed by atoms with Crippen molar-refractivity contribution in [2.45, 2.75) is 30.4 Å². The number of nitrogens with one attached hydrogen (secondary N) is 1. The summed E-state index contributed by atoms with van der Waals surface area (Å²) in [5.74, 6) is -4.33. The fourth-order valence-corrected chi connectivity index (χ4v) is 6.36. The maximum Gasteiger partial charge on any atom is 0.340 e. The number of nitrogens with zero attached hydrogens (tertiary/aromatic N) is 4. The highest BCUT2D eigenvalue weighted by Crippen LogP contribution is 2.55. The molecule has 5 atom stereocenters. The topological polar surface area (TPSA) is 256 Å². The van der Waals surface area contributed by atoms with Gasteiger partial charge in [-0.1, -0.05) is 30.3 Å². The van der Waals surface area contributed by atoms with E-state index in [1.807, 2.05) is 6.07 Å². The van der Waals surface area contributed by atoms with Gasteiger partial charge in [0, 0.05) is 0 Å². The lowest BCUT2D eigenvalue weighted by molar-refractivity contribution is -0.234. The summed E-state index contributed by atoms with van der Waals surface area (Å²) in [7, 11) is -9.76. The summed E-state index contributed by atoms with van der Waals surface area (Å²) in [5, 5.41) is 38.5. The van der Waals surface area contributed by atoms with Crippen molar-refractivity contribution < 1.29 is 48.4 Å². The van der Waals surface area contributed by atoms with Crippen LogP contribution in [0.5, 0.6) is 0 Å². The van der Waals surface area contributed by atoms with Gasteiger partial charge in [-0.15, -0.1) is 0 Å². The van der Waals surface area contributed by atoms with Gasteiger partial charge in [-0.3, -0.25) is 9.13 Å². The molecule has 4 rings (SSSR count). The van der Waals surface area contributed by atoms with Gasteiger partial charge in [-0.25, -0.2) is 4.68 Å². The number of aliphatic hydroxyl groups is 3. The van der Waals surface area contributed by atoms with E-state index in [4.69, 9.17) is 31.9 Å². The molecule has 19 heteroatoms. The number of hydrogen-bond acceptors (Lipinski definition) is 12. The lowest BCUT2D eigenvalue weighted by atomic mass is 10.1. The first-order valence-corrected chi connectivity index (χ1v) is 14.4. The molecule has 1 fully saturated rings. The highest BCUT2D eigenvalue weighted by atomic mass is 35.5. The first kappa shape index (κ1) is 28.0. The van der Waals surface area contributed by atoms with Crippen LogP contribution in [0.2, 0.25) is 5.28 Å². The Bertz CT molecular complexity index is 1370. The molecule has 202 valence electrons. The van der Waals surface area contributed by atoms with Gasteiger partial charge in [-0.05, 0) is 17.2 Å². The van der Waals surface area contributed by atoms with Gasteiger partial charge in [-0.2, -0.15) is 15.1 Å². The highest BCUT2D eigenvalue weighted by Gasteiger charge is 2.56. The van der Waals surface area contributed by atoms with Crippen LogP contribution in [0, 0.1) is 0 Å². The van der Waals surface area contributed by atoms with Crippen LogP contribution >= 0.6 is 26.8 Å². The standard InChI is InChI=1S/C18H23ClN6O10P2/c19-17-23-14(22-13(20)9-4-2-1-3-5-9)10-6-21-25(15(10)24-17)16-12(26)18(27,28)11(35-16)7-34-37(32,33)8-36(29,30)31/h1-6,11-13,16,26-28H,7-8,20H2,(H,32,33)(H,22,23,24)(H2,29,30,31)/t11-,12+,13+,16-/m1/s1. The summed E-state index contributed by atoms with van der Waals surface area (Å²) in [5.41, 5.74) is 6.95. The first-order valence-electron chi connectivity index (χ1n) is 10.4. The molecule has 0 saturated carbocycles. The van der Waals surface area contributed by atoms with Crippen molar-refractivity contribution >= 4 is 43.6 Å². The normalized spacial score (nSPS) is 24.2. The van der Waals surface area contributed by atoms with E-state index >= 15 is 0 Å². The number of aliphatic hydroxyl groups excluding tert-OH is 1. The number of halogens is 1. The van der Waals surface area contributed by atoms with E-state index in [9.17, 15) is 29.3 Å². The Balaban J connectivity index is 1.59. The van der Waals surface area contributed by atoms with Crippen LogP contribution < -0.4 is 11.1 Å². The van der Waals surface area contributed by atoms with E-state index in [2.05, 4.69) is 24.9 Å². The van der Waals surface area contributed by atoms with E-state index in [0.29, 0.717) is 0 Å². The second-order valence-corrected chi connectivity index (χ2v) is 12.5. The molecule has 0 radical (unpaired) electrons. The molecule has 0 aliphatic carbocycles. The van der Waals surface area contributed by atoms with E-state index in [1.165, 1.54) is 6.20 Å². The quantitative estimate of drug-likeness (QED) is 0.0927. The molecule has 1 aromatic carbocycles. The van der Waals surface area contributed by atoms with Gasteiger partial charge < -0.3 is 50.3 Å². The Morgan fingerprint density at radius 3 is 2.54 bits per heavy atom. The van der Waals surface area contributed by atoms with Crippen LogP contribution in [0.4, 0.5) is 5.82 Å². The molecule has 1 aliphatic rings. The number of aromatic nitrogens is 4. The minimum absolute atomic E-state index is 0.0125. The third-order valence-corrected chi connectivity index (χ3v) is 9.02. The van der Waals surface area contributed by atoms with Gasteiger partial charge >= 0.3 is 15.2 Å². The van der Waals surface area contributed by atoms with E-state index in [-0.39, 0.29) is 22.1 Å². The highest BCUT2D eigenvalue weighted by molar-refractivity contribution is 7.70. The predicted molar refractivity (Wildman–Crippen MR) is 127 cm³/mol. The van der Waals surface area contributed by atoms with E-state index in [1.54, 1.807) is 24.3 Å². The number of hydrogen-bond donors (Lipinski definition) is 8. The maximum atomic E-state index is 11.9. The third-order valence-electron chi connectivity index (χ3n) is 5.39. The smallest absolute Gasteiger partial charge is 0.340 e. The molecule has 3 heterocycles. The van der Waals surface area contributed by atoms with Crippen molar-refractivity contribution in [2.24, 2.45) is 5.73 Å². The minimum atomic E-state index is -4.92. The Morgan fingerprint density at radius 1 is 1.22 bits per heavy atom. The zero-order chi connectivity index (χ0) is 27.2. The summed E-state index contributed by atoms with van der Waals surface area (Å²) < 4.78 is 34.0. The lowest BCUT2D eigenvalue weighted by Crippen LogP contribution is -2.49. The predicted octanol–water partition coefficient (Wildman–Crippen LogP) is -0.175. The molecule has 9 N–H and O–H groups in total. The Kier molecular flexibility index (Phi) is 7.76. The number of rotatable bonds is 9. The van der Waals surface area contributed by atoms with Gasteiger partial charge in [0.1, 0.15) is 18.1 Å². The molecule has 0 amide bonds. The van der Waals surface area contributed by atoms with E-state index in [0.717, 1.165) is 10.2 Å². The monoisotopic (exact) mass is 580 g/mol. The molecular formula is C18H23ClN6O10P2. The van der Waals surface area contributed by atoms with Crippen molar-refractivity contribution in [3.05, 3.63) is 47.4 Å². The van der Waals surface area contributed by atoms with Crippen molar-refractivity contribution in [3.8, 4) is 0 Å². The molecule has 0 bridgehead atoms. The third kappa shape index (κ3) is 6.17. The zero-order valence-electron chi connectivity index (χ0n) is 18.6. The van der Waals surface area contributed by atoms with Crippen LogP contribution in [0.25, 0.3) is 11.0 Å². The van der Waals surface area contributed by atoms with Gasteiger partial charge in [0.25, 0.3) is 0 Å². The molecule has 1 saturated heterocycles. The summed E-state index contributed by atoms with van der Waals surface area (Å²) in [6.07, 6.45) is -4.89. The molecule has 0 spiro atoms. The molecule has 1 aliphatic heterocycles. The van der Waals surface area contributed by atoms with Crippen molar-refractivity contribution in [1.29, 1.82) is 0 Å². The van der Waals surface area contributed by atoms with Gasteiger partial charge in [0.15, 0.2) is 23.9 Å². The zero-order valence-corrected chi connectivity index (χ0v) is 21.2. The largest absolute Gasteiger partial charge is 0.383 e. The summed E-state index contributed by atoms with van der Waals surface area (Å²) in [6, 6.07) is 9.01. The lowest BCUT2D eigenvalue weighted by Gasteiger charge is -2.25. The summed E-state index contributed by atoms with van der Waals surface area (Å²) >= 11 is 6.07. The summed E-state index contributed by atoms with van der Waals surface area (Å²) in [6.45, 7) is -1.01. The fourth-order valence-electron chi connectivity index (χ4n) is 3.64. The molecule has 16 nitrogen and oxygen atoms in total. The molecule has 2 aromatic heterocycles. The molecular weight excluding hydrogens is 558 g/mol. The van der Waals surface area contributed by atoms with Crippen molar-refractivity contribution in [3.63, 3.8) is 0 Å². The Labute approximate surface area is 213 Å². The van der Waals surface area contributed by atoms with Gasteiger partial charge in [0.2, 0.25) is 11.1 Å². The van der Waals surface area contributed by atoms with E-state index < -0.39 is 58.1 Å². The fraction of sp³-hybridized carbons (Fsp3) is 0.389. The minimum Gasteiger partial charge on any atom is -0.383 e. The summed E-state index contributed by atoms with van der Waals surface area (Å²) in [4.78, 5) is 35.6. The maximum absolute atomic E-state index is 11.9. The second-order valence-electron chi connectivity index (χ2n) is 8.18. The van der Waals surface area contributed by atoms with Crippen molar-refractivity contribution in [1.82, 2.24) is 19.7 Å². The van der Waals surface area contributed by atoms with Crippen LogP contribution in [0.3, 0.4) is 0 Å². The Morgan fingerprint density at radius 2 is 1.89 bits per heavy atom. The molecule has 3 aromatic rings. The SMILES string of the molecule is N[C@@H](Nc1nc(Cl)nc2c1cnn2[C@@H]1O[C@H](COP(=O)(O)CP(=O)(O)O)C(O)(O)[C@H]1O)c1ccccc1. The van der Waals surface area contributed by atoms with Crippen LogP contribution in [0.1, 0.15) is 18.0 Å². The number of fused-ring (bicyclic) bond motifs is 1.